The van der Waals surface area contributed by atoms with Crippen molar-refractivity contribution in [2.75, 3.05) is 16.8 Å². The van der Waals surface area contributed by atoms with Crippen LogP contribution in [0, 0.1) is 0 Å². The number of rotatable bonds is 2. The van der Waals surface area contributed by atoms with E-state index in [1.54, 1.807) is 19.1 Å². The second-order valence-corrected chi connectivity index (χ2v) is 4.96. The van der Waals surface area contributed by atoms with Crippen molar-refractivity contribution < 1.29 is 9.59 Å². The highest BCUT2D eigenvalue weighted by Gasteiger charge is 2.31. The Kier molecular flexibility index (Phi) is 3.84. The molecule has 6 nitrogen and oxygen atoms in total. The Morgan fingerprint density at radius 1 is 1.47 bits per heavy atom. The van der Waals surface area contributed by atoms with Gasteiger partial charge in [0.1, 0.15) is 12.6 Å². The summed E-state index contributed by atoms with van der Waals surface area (Å²) in [5.74, 6) is 4.33. The lowest BCUT2D eigenvalue weighted by Gasteiger charge is -2.33. The van der Waals surface area contributed by atoms with Crippen molar-refractivity contribution in [3.05, 3.63) is 22.2 Å². The van der Waals surface area contributed by atoms with Crippen molar-refractivity contribution in [1.29, 1.82) is 0 Å². The Labute approximate surface area is 119 Å². The maximum absolute atomic E-state index is 12.1. The summed E-state index contributed by atoms with van der Waals surface area (Å²) < 4.78 is 0. The number of carbonyl (C=O) groups excluding carboxylic acids is 2. The Morgan fingerprint density at radius 2 is 2.11 bits per heavy atom. The molecule has 19 heavy (non-hydrogen) atoms. The predicted octanol–water partition coefficient (Wildman–Crippen LogP) is 1.13. The van der Waals surface area contributed by atoms with E-state index in [9.17, 15) is 9.59 Å². The average Bonchev–Trinajstić information content (AvgIpc) is 2.37. The van der Waals surface area contributed by atoms with E-state index >= 15 is 0 Å². The molecular weight excluding hydrogens is 291 g/mol. The third-order valence-corrected chi connectivity index (χ3v) is 3.52. The standard InChI is InChI=1S/C11H12Cl2N4O2/c1-5-11(19)17(4-10(18)16-14)9-3-7(13)6(12)2-8(9)15-5/h2-3,5,15H,4,14H2,1H3,(H,16,18). The number of carbonyl (C=O) groups is 2. The molecule has 1 atom stereocenters. The van der Waals surface area contributed by atoms with Gasteiger partial charge < -0.3 is 5.32 Å². The summed E-state index contributed by atoms with van der Waals surface area (Å²) in [7, 11) is 0. The fraction of sp³-hybridized carbons (Fsp3) is 0.273. The number of hydrazine groups is 1. The zero-order valence-corrected chi connectivity index (χ0v) is 11.5. The number of benzene rings is 1. The molecule has 2 amide bonds. The van der Waals surface area contributed by atoms with Gasteiger partial charge in [-0.1, -0.05) is 23.2 Å². The number of anilines is 2. The van der Waals surface area contributed by atoms with E-state index in [1.165, 1.54) is 4.90 Å². The Hall–Kier alpha value is -1.50. The molecular formula is C11H12Cl2N4O2. The molecule has 0 fully saturated rings. The van der Waals surface area contributed by atoms with Crippen molar-refractivity contribution in [3.63, 3.8) is 0 Å². The van der Waals surface area contributed by atoms with Gasteiger partial charge in [0, 0.05) is 0 Å². The molecule has 102 valence electrons. The average molecular weight is 303 g/mol. The molecule has 0 spiro atoms. The molecule has 4 N–H and O–H groups in total. The molecule has 1 aliphatic heterocycles. The van der Waals surface area contributed by atoms with E-state index in [0.29, 0.717) is 21.4 Å². The van der Waals surface area contributed by atoms with Crippen LogP contribution in [0.1, 0.15) is 6.92 Å². The summed E-state index contributed by atoms with van der Waals surface area (Å²) in [6.45, 7) is 1.52. The van der Waals surface area contributed by atoms with Gasteiger partial charge in [-0.25, -0.2) is 5.84 Å². The van der Waals surface area contributed by atoms with Gasteiger partial charge in [-0.3, -0.25) is 19.9 Å². The first-order valence-corrected chi connectivity index (χ1v) is 6.26. The fourth-order valence-corrected chi connectivity index (χ4v) is 2.20. The highest BCUT2D eigenvalue weighted by atomic mass is 35.5. The molecule has 1 aromatic carbocycles. The van der Waals surface area contributed by atoms with Crippen molar-refractivity contribution in [2.45, 2.75) is 13.0 Å². The SMILES string of the molecule is CC1Nc2cc(Cl)c(Cl)cc2N(CC(=O)NN)C1=O. The summed E-state index contributed by atoms with van der Waals surface area (Å²) in [4.78, 5) is 24.8. The molecule has 1 unspecified atom stereocenters. The van der Waals surface area contributed by atoms with Gasteiger partial charge in [0.05, 0.1) is 21.4 Å². The molecule has 0 saturated heterocycles. The van der Waals surface area contributed by atoms with Crippen LogP contribution in [0.15, 0.2) is 12.1 Å². The maximum atomic E-state index is 12.1. The quantitative estimate of drug-likeness (QED) is 0.434. The van der Waals surface area contributed by atoms with E-state index in [-0.39, 0.29) is 12.5 Å². The topological polar surface area (TPSA) is 87.5 Å². The van der Waals surface area contributed by atoms with E-state index in [2.05, 4.69) is 5.32 Å². The second kappa shape index (κ2) is 5.24. The predicted molar refractivity (Wildman–Crippen MR) is 74.2 cm³/mol. The molecule has 1 aromatic rings. The Balaban J connectivity index is 2.46. The minimum absolute atomic E-state index is 0.174. The van der Waals surface area contributed by atoms with Gasteiger partial charge in [-0.15, -0.1) is 0 Å². The second-order valence-electron chi connectivity index (χ2n) is 4.14. The van der Waals surface area contributed by atoms with Crippen LogP contribution in [-0.2, 0) is 9.59 Å². The first-order valence-electron chi connectivity index (χ1n) is 5.50. The third-order valence-electron chi connectivity index (χ3n) is 2.80. The lowest BCUT2D eigenvalue weighted by atomic mass is 10.1. The number of nitrogens with two attached hydrogens (primary N) is 1. The Bertz CT molecular complexity index is 550. The maximum Gasteiger partial charge on any atom is 0.253 e. The van der Waals surface area contributed by atoms with Crippen LogP contribution >= 0.6 is 23.2 Å². The monoisotopic (exact) mass is 302 g/mol. The minimum atomic E-state index is -0.473. The van der Waals surface area contributed by atoms with E-state index < -0.39 is 11.9 Å². The highest BCUT2D eigenvalue weighted by molar-refractivity contribution is 6.42. The molecule has 0 radical (unpaired) electrons. The van der Waals surface area contributed by atoms with Crippen LogP contribution in [-0.4, -0.2) is 24.4 Å². The zero-order chi connectivity index (χ0) is 14.2. The fourth-order valence-electron chi connectivity index (χ4n) is 1.88. The van der Waals surface area contributed by atoms with Gasteiger partial charge >= 0.3 is 0 Å². The summed E-state index contributed by atoms with van der Waals surface area (Å²) in [6, 6.07) is 2.70. The number of hydrogen-bond acceptors (Lipinski definition) is 4. The summed E-state index contributed by atoms with van der Waals surface area (Å²) in [6.07, 6.45) is 0. The van der Waals surface area contributed by atoms with Crippen molar-refractivity contribution >= 4 is 46.4 Å². The summed E-state index contributed by atoms with van der Waals surface area (Å²) in [5, 5.41) is 3.68. The zero-order valence-electron chi connectivity index (χ0n) is 10.0. The first kappa shape index (κ1) is 13.9. The molecule has 0 aliphatic carbocycles. The molecule has 0 aromatic heterocycles. The largest absolute Gasteiger partial charge is 0.372 e. The molecule has 1 heterocycles. The smallest absolute Gasteiger partial charge is 0.253 e. The van der Waals surface area contributed by atoms with Gasteiger partial charge in [0.15, 0.2) is 0 Å². The number of hydrogen-bond donors (Lipinski definition) is 3. The molecule has 8 heteroatoms. The van der Waals surface area contributed by atoms with E-state index in [0.717, 1.165) is 0 Å². The van der Waals surface area contributed by atoms with E-state index in [4.69, 9.17) is 29.0 Å². The molecule has 0 bridgehead atoms. The number of amides is 2. The minimum Gasteiger partial charge on any atom is -0.372 e. The summed E-state index contributed by atoms with van der Waals surface area (Å²) >= 11 is 11.9. The lowest BCUT2D eigenvalue weighted by Crippen LogP contribution is -2.50. The summed E-state index contributed by atoms with van der Waals surface area (Å²) in [5.41, 5.74) is 3.14. The van der Waals surface area contributed by atoms with Crippen LogP contribution in [0.3, 0.4) is 0 Å². The van der Waals surface area contributed by atoms with Crippen molar-refractivity contribution in [1.82, 2.24) is 5.43 Å². The van der Waals surface area contributed by atoms with Gasteiger partial charge in [0.25, 0.3) is 5.91 Å². The van der Waals surface area contributed by atoms with E-state index in [1.807, 2.05) is 5.43 Å². The third kappa shape index (κ3) is 2.60. The molecule has 0 saturated carbocycles. The van der Waals surface area contributed by atoms with Crippen LogP contribution in [0.4, 0.5) is 11.4 Å². The normalized spacial score (nSPS) is 17.8. The Morgan fingerprint density at radius 3 is 2.74 bits per heavy atom. The number of fused-ring (bicyclic) bond motifs is 1. The number of halogens is 2. The van der Waals surface area contributed by atoms with Crippen molar-refractivity contribution in [2.24, 2.45) is 5.84 Å². The van der Waals surface area contributed by atoms with Crippen LogP contribution in [0.2, 0.25) is 10.0 Å². The molecule has 1 aliphatic rings. The van der Waals surface area contributed by atoms with Gasteiger partial charge in [0.2, 0.25) is 5.91 Å². The van der Waals surface area contributed by atoms with Crippen LogP contribution in [0.25, 0.3) is 0 Å². The molecule has 2 rings (SSSR count). The number of nitrogens with zero attached hydrogens (tertiary/aromatic N) is 1. The van der Waals surface area contributed by atoms with Crippen molar-refractivity contribution in [3.8, 4) is 0 Å². The van der Waals surface area contributed by atoms with Crippen LogP contribution in [0.5, 0.6) is 0 Å². The lowest BCUT2D eigenvalue weighted by molar-refractivity contribution is -0.124. The van der Waals surface area contributed by atoms with Crippen LogP contribution < -0.4 is 21.5 Å². The number of nitrogens with one attached hydrogen (secondary N) is 2. The van der Waals surface area contributed by atoms with Gasteiger partial charge in [-0.2, -0.15) is 0 Å². The highest BCUT2D eigenvalue weighted by Crippen LogP contribution is 2.37. The van der Waals surface area contributed by atoms with Gasteiger partial charge in [-0.05, 0) is 19.1 Å². The first-order chi connectivity index (χ1) is 8.93.